The molecule has 0 bridgehead atoms. The van der Waals surface area contributed by atoms with Crippen LogP contribution in [-0.4, -0.2) is 29.7 Å². The van der Waals surface area contributed by atoms with Crippen LogP contribution in [0.25, 0.3) is 0 Å². The van der Waals surface area contributed by atoms with Gasteiger partial charge in [0.15, 0.2) is 9.84 Å². The summed E-state index contributed by atoms with van der Waals surface area (Å²) in [5, 5.41) is 4.37. The average Bonchev–Trinajstić information content (AvgIpc) is 2.63. The fourth-order valence-electron chi connectivity index (χ4n) is 1.26. The second-order valence-corrected chi connectivity index (χ2v) is 7.42. The average molecular weight is 244 g/mol. The Morgan fingerprint density at radius 3 is 2.44 bits per heavy atom. The topological polar surface area (TPSA) is 52.0 Å². The summed E-state index contributed by atoms with van der Waals surface area (Å²) in [5.41, 5.74) is 0.996. The molecule has 1 aromatic rings. The van der Waals surface area contributed by atoms with E-state index in [1.165, 1.54) is 0 Å². The molecule has 1 heterocycles. The normalized spacial score (nSPS) is 13.0. The summed E-state index contributed by atoms with van der Waals surface area (Å²) in [4.78, 5) is 0. The van der Waals surface area contributed by atoms with Crippen LogP contribution in [0, 0.1) is 0 Å². The molecule has 0 unspecified atom stereocenters. The van der Waals surface area contributed by atoms with Gasteiger partial charge in [0, 0.05) is 17.4 Å². The van der Waals surface area contributed by atoms with Crippen molar-refractivity contribution in [2.24, 2.45) is 0 Å². The van der Waals surface area contributed by atoms with Gasteiger partial charge >= 0.3 is 0 Å². The number of nitrogens with zero attached hydrogens (tertiary/aromatic N) is 2. The lowest BCUT2D eigenvalue weighted by molar-refractivity contribution is 0.537. The van der Waals surface area contributed by atoms with Gasteiger partial charge in [0.25, 0.3) is 0 Å². The molecule has 0 aliphatic rings. The lowest BCUT2D eigenvalue weighted by Crippen LogP contribution is -2.17. The van der Waals surface area contributed by atoms with Crippen LogP contribution in [-0.2, 0) is 21.8 Å². The maximum absolute atomic E-state index is 11.3. The third-order valence-electron chi connectivity index (χ3n) is 2.48. The van der Waals surface area contributed by atoms with Gasteiger partial charge in [-0.25, -0.2) is 8.42 Å². The van der Waals surface area contributed by atoms with E-state index in [-0.39, 0.29) is 16.9 Å². The highest BCUT2D eigenvalue weighted by Crippen LogP contribution is 2.19. The van der Waals surface area contributed by atoms with Gasteiger partial charge in [-0.15, -0.1) is 0 Å². The van der Waals surface area contributed by atoms with Crippen LogP contribution in [0.5, 0.6) is 0 Å². The summed E-state index contributed by atoms with van der Waals surface area (Å²) in [6, 6.07) is 1.94. The highest BCUT2D eigenvalue weighted by Gasteiger charge is 2.17. The molecule has 1 rings (SSSR count). The third kappa shape index (κ3) is 3.63. The van der Waals surface area contributed by atoms with E-state index in [2.05, 4.69) is 25.9 Å². The first-order valence-electron chi connectivity index (χ1n) is 5.49. The maximum atomic E-state index is 11.3. The zero-order chi connectivity index (χ0) is 12.4. The molecule has 0 aliphatic heterocycles. The SMILES string of the molecule is CCS(=O)(=O)CCn1ccc(C(C)(C)C)n1. The zero-order valence-corrected chi connectivity index (χ0v) is 11.2. The molecule has 0 N–H and O–H groups in total. The Bertz CT molecular complexity index is 441. The molecule has 0 aliphatic carbocycles. The highest BCUT2D eigenvalue weighted by molar-refractivity contribution is 7.91. The quantitative estimate of drug-likeness (QED) is 0.808. The molecule has 0 saturated carbocycles. The molecule has 0 amide bonds. The molecule has 1 aromatic heterocycles. The van der Waals surface area contributed by atoms with Gasteiger partial charge in [0.1, 0.15) is 0 Å². The molecule has 0 radical (unpaired) electrons. The van der Waals surface area contributed by atoms with E-state index in [9.17, 15) is 8.42 Å². The van der Waals surface area contributed by atoms with Crippen LogP contribution in [0.4, 0.5) is 0 Å². The molecular weight excluding hydrogens is 224 g/mol. The van der Waals surface area contributed by atoms with Gasteiger partial charge in [0.05, 0.1) is 18.0 Å². The van der Waals surface area contributed by atoms with Crippen molar-refractivity contribution in [2.45, 2.75) is 39.7 Å². The molecule has 92 valence electrons. The van der Waals surface area contributed by atoms with Crippen molar-refractivity contribution < 1.29 is 8.42 Å². The summed E-state index contributed by atoms with van der Waals surface area (Å²) < 4.78 is 24.4. The van der Waals surface area contributed by atoms with Gasteiger partial charge in [-0.2, -0.15) is 5.10 Å². The zero-order valence-electron chi connectivity index (χ0n) is 10.4. The standard InChI is InChI=1S/C11H20N2O2S/c1-5-16(14,15)9-8-13-7-6-10(12-13)11(2,3)4/h6-7H,5,8-9H2,1-4H3. The molecule has 0 spiro atoms. The fraction of sp³-hybridized carbons (Fsp3) is 0.727. The predicted octanol–water partition coefficient (Wildman–Crippen LogP) is 1.62. The van der Waals surface area contributed by atoms with Crippen molar-refractivity contribution in [3.05, 3.63) is 18.0 Å². The Kier molecular flexibility index (Phi) is 3.78. The molecule has 4 nitrogen and oxygen atoms in total. The van der Waals surface area contributed by atoms with E-state index in [0.29, 0.717) is 6.54 Å². The van der Waals surface area contributed by atoms with Crippen molar-refractivity contribution in [3.8, 4) is 0 Å². The number of sulfone groups is 1. The van der Waals surface area contributed by atoms with Crippen molar-refractivity contribution in [1.29, 1.82) is 0 Å². The summed E-state index contributed by atoms with van der Waals surface area (Å²) in [6.07, 6.45) is 1.84. The first-order valence-corrected chi connectivity index (χ1v) is 7.31. The summed E-state index contributed by atoms with van der Waals surface area (Å²) in [5.74, 6) is 0.356. The second kappa shape index (κ2) is 4.57. The molecule has 0 aromatic carbocycles. The number of rotatable bonds is 4. The van der Waals surface area contributed by atoms with Gasteiger partial charge in [-0.1, -0.05) is 27.7 Å². The first-order chi connectivity index (χ1) is 7.24. The van der Waals surface area contributed by atoms with Gasteiger partial charge in [0.2, 0.25) is 0 Å². The lowest BCUT2D eigenvalue weighted by atomic mass is 9.93. The maximum Gasteiger partial charge on any atom is 0.151 e. The van der Waals surface area contributed by atoms with Crippen molar-refractivity contribution in [1.82, 2.24) is 9.78 Å². The van der Waals surface area contributed by atoms with Crippen LogP contribution in [0.2, 0.25) is 0 Å². The number of aromatic nitrogens is 2. The number of hydrogen-bond acceptors (Lipinski definition) is 3. The summed E-state index contributed by atoms with van der Waals surface area (Å²) in [7, 11) is -2.90. The van der Waals surface area contributed by atoms with Crippen LogP contribution in [0.3, 0.4) is 0 Å². The molecule has 5 heteroatoms. The first kappa shape index (κ1) is 13.2. The van der Waals surface area contributed by atoms with Crippen LogP contribution in [0.15, 0.2) is 12.3 Å². The minimum Gasteiger partial charge on any atom is -0.271 e. The second-order valence-electron chi connectivity index (χ2n) is 4.95. The molecular formula is C11H20N2O2S. The monoisotopic (exact) mass is 244 g/mol. The lowest BCUT2D eigenvalue weighted by Gasteiger charge is -2.14. The Balaban J connectivity index is 2.67. The minimum absolute atomic E-state index is 0.00881. The van der Waals surface area contributed by atoms with E-state index in [4.69, 9.17) is 0 Å². The molecule has 0 atom stereocenters. The van der Waals surface area contributed by atoms with Crippen molar-refractivity contribution in [2.75, 3.05) is 11.5 Å². The largest absolute Gasteiger partial charge is 0.271 e. The number of hydrogen-bond donors (Lipinski definition) is 0. The van der Waals surface area contributed by atoms with E-state index in [1.54, 1.807) is 11.6 Å². The Morgan fingerprint density at radius 1 is 1.38 bits per heavy atom. The van der Waals surface area contributed by atoms with Gasteiger partial charge in [-0.3, -0.25) is 4.68 Å². The van der Waals surface area contributed by atoms with Crippen LogP contribution < -0.4 is 0 Å². The van der Waals surface area contributed by atoms with E-state index >= 15 is 0 Å². The molecule has 0 fully saturated rings. The predicted molar refractivity (Wildman–Crippen MR) is 65.3 cm³/mol. The minimum atomic E-state index is -2.90. The highest BCUT2D eigenvalue weighted by atomic mass is 32.2. The Labute approximate surface area is 97.6 Å². The molecule has 16 heavy (non-hydrogen) atoms. The van der Waals surface area contributed by atoms with Crippen molar-refractivity contribution in [3.63, 3.8) is 0 Å². The Hall–Kier alpha value is -0.840. The van der Waals surface area contributed by atoms with E-state index < -0.39 is 9.84 Å². The van der Waals surface area contributed by atoms with Gasteiger partial charge < -0.3 is 0 Å². The van der Waals surface area contributed by atoms with Crippen LogP contribution >= 0.6 is 0 Å². The van der Waals surface area contributed by atoms with E-state index in [0.717, 1.165) is 5.69 Å². The van der Waals surface area contributed by atoms with E-state index in [1.807, 2.05) is 12.3 Å². The van der Waals surface area contributed by atoms with Crippen LogP contribution in [0.1, 0.15) is 33.4 Å². The fourth-order valence-corrected chi connectivity index (χ4v) is 2.02. The molecule has 0 saturated heterocycles. The third-order valence-corrected chi connectivity index (χ3v) is 4.16. The smallest absolute Gasteiger partial charge is 0.151 e. The summed E-state index contributed by atoms with van der Waals surface area (Å²) in [6.45, 7) is 8.36. The van der Waals surface area contributed by atoms with Gasteiger partial charge in [-0.05, 0) is 6.07 Å². The summed E-state index contributed by atoms with van der Waals surface area (Å²) >= 11 is 0. The van der Waals surface area contributed by atoms with Crippen molar-refractivity contribution >= 4 is 9.84 Å². The number of aryl methyl sites for hydroxylation is 1. The Morgan fingerprint density at radius 2 is 2.00 bits per heavy atom.